The van der Waals surface area contributed by atoms with Crippen LogP contribution < -0.4 is 5.32 Å². The van der Waals surface area contributed by atoms with E-state index in [0.717, 1.165) is 0 Å². The minimum Gasteiger partial charge on any atom is -0.394 e. The van der Waals surface area contributed by atoms with E-state index in [0.29, 0.717) is 11.6 Å². The third kappa shape index (κ3) is 2.73. The van der Waals surface area contributed by atoms with Crippen molar-refractivity contribution in [3.8, 4) is 0 Å². The molecule has 0 radical (unpaired) electrons. The molecule has 0 aliphatic heterocycles. The molecule has 1 aromatic rings. The molecule has 0 aliphatic rings. The maximum atomic E-state index is 10.9. The summed E-state index contributed by atoms with van der Waals surface area (Å²) in [6.45, 7) is 5.48. The van der Waals surface area contributed by atoms with Crippen LogP contribution in [0.2, 0.25) is 0 Å². The summed E-state index contributed by atoms with van der Waals surface area (Å²) in [4.78, 5) is 14.2. The second-order valence-corrected chi connectivity index (χ2v) is 4.32. The molecule has 0 fully saturated rings. The summed E-state index contributed by atoms with van der Waals surface area (Å²) in [5.74, 6) is 0.846. The smallest absolute Gasteiger partial charge is 0.394 e. The highest BCUT2D eigenvalue weighted by atomic mass is 16.6. The van der Waals surface area contributed by atoms with Gasteiger partial charge in [0.15, 0.2) is 0 Å². The van der Waals surface area contributed by atoms with E-state index in [1.807, 2.05) is 13.8 Å². The molecular weight excluding hydrogens is 224 g/mol. The van der Waals surface area contributed by atoms with E-state index in [2.05, 4.69) is 10.3 Å². The Morgan fingerprint density at radius 3 is 2.59 bits per heavy atom. The van der Waals surface area contributed by atoms with Crippen molar-refractivity contribution in [3.05, 3.63) is 15.9 Å². The van der Waals surface area contributed by atoms with E-state index in [-0.39, 0.29) is 24.4 Å². The Kier molecular flexibility index (Phi) is 4.06. The number of hydrogen-bond acceptors (Lipinski definition) is 5. The second-order valence-electron chi connectivity index (χ2n) is 4.32. The number of imidazole rings is 1. The van der Waals surface area contributed by atoms with Gasteiger partial charge in [0, 0.05) is 14.0 Å². The normalized spacial score (nSPS) is 12.8. The lowest BCUT2D eigenvalue weighted by Crippen LogP contribution is -2.30. The lowest BCUT2D eigenvalue weighted by molar-refractivity contribution is -0.388. The average Bonchev–Trinajstić information content (AvgIpc) is 2.52. The van der Waals surface area contributed by atoms with Crippen molar-refractivity contribution in [1.29, 1.82) is 0 Å². The summed E-state index contributed by atoms with van der Waals surface area (Å²) in [5.41, 5.74) is 0. The highest BCUT2D eigenvalue weighted by Crippen LogP contribution is 2.25. The fourth-order valence-corrected chi connectivity index (χ4v) is 1.48. The molecule has 1 heterocycles. The first-order chi connectivity index (χ1) is 7.88. The molecule has 1 rings (SSSR count). The van der Waals surface area contributed by atoms with Crippen LogP contribution in [-0.4, -0.2) is 32.2 Å². The summed E-state index contributed by atoms with van der Waals surface area (Å²) in [6.07, 6.45) is 0. The van der Waals surface area contributed by atoms with Crippen LogP contribution in [0.15, 0.2) is 0 Å². The van der Waals surface area contributed by atoms with Gasteiger partial charge in [-0.2, -0.15) is 0 Å². The molecule has 0 aliphatic carbocycles. The number of anilines is 1. The van der Waals surface area contributed by atoms with E-state index in [1.165, 1.54) is 0 Å². The van der Waals surface area contributed by atoms with Crippen molar-refractivity contribution < 1.29 is 10.0 Å². The van der Waals surface area contributed by atoms with Crippen LogP contribution in [-0.2, 0) is 7.05 Å². The Morgan fingerprint density at radius 2 is 2.18 bits per heavy atom. The standard InChI is InChI=1S/C10H18N4O3/c1-6(2)8(5-15)12-9-10(14(16)17)11-7(3)13(9)4/h6,8,12,15H,5H2,1-4H3. The minimum absolute atomic E-state index is 0.0843. The number of aromatic nitrogens is 2. The second kappa shape index (κ2) is 5.13. The predicted octanol–water partition coefficient (Wildman–Crippen LogP) is 1.07. The number of nitrogens with zero attached hydrogens (tertiary/aromatic N) is 3. The number of aryl methyl sites for hydroxylation is 1. The first-order valence-corrected chi connectivity index (χ1v) is 5.43. The fourth-order valence-electron chi connectivity index (χ4n) is 1.48. The fraction of sp³-hybridized carbons (Fsp3) is 0.700. The van der Waals surface area contributed by atoms with E-state index < -0.39 is 4.92 Å². The number of aliphatic hydroxyl groups excluding tert-OH is 1. The molecule has 0 aromatic carbocycles. The molecule has 2 N–H and O–H groups in total. The highest BCUT2D eigenvalue weighted by molar-refractivity contribution is 5.54. The maximum absolute atomic E-state index is 10.9. The molecule has 17 heavy (non-hydrogen) atoms. The predicted molar refractivity (Wildman–Crippen MR) is 63.9 cm³/mol. The molecule has 0 bridgehead atoms. The van der Waals surface area contributed by atoms with E-state index in [4.69, 9.17) is 0 Å². The Hall–Kier alpha value is -1.63. The monoisotopic (exact) mass is 242 g/mol. The summed E-state index contributed by atoms with van der Waals surface area (Å²) in [5, 5.41) is 23.1. The lowest BCUT2D eigenvalue weighted by Gasteiger charge is -2.20. The van der Waals surface area contributed by atoms with Crippen molar-refractivity contribution >= 4 is 11.6 Å². The number of nitrogens with one attached hydrogen (secondary N) is 1. The third-order valence-corrected chi connectivity index (χ3v) is 2.80. The van der Waals surface area contributed by atoms with Crippen molar-refractivity contribution in [2.75, 3.05) is 11.9 Å². The molecular formula is C10H18N4O3. The Balaban J connectivity index is 3.08. The first kappa shape index (κ1) is 13.4. The molecule has 1 atom stereocenters. The Bertz CT molecular complexity index is 414. The summed E-state index contributed by atoms with van der Waals surface area (Å²) in [6, 6.07) is -0.233. The SMILES string of the molecule is Cc1nc([N+](=O)[O-])c(NC(CO)C(C)C)n1C. The highest BCUT2D eigenvalue weighted by Gasteiger charge is 2.26. The van der Waals surface area contributed by atoms with Crippen molar-refractivity contribution in [2.45, 2.75) is 26.8 Å². The van der Waals surface area contributed by atoms with Gasteiger partial charge in [-0.15, -0.1) is 0 Å². The Labute approximate surface area is 99.6 Å². The molecule has 0 saturated carbocycles. The number of rotatable bonds is 5. The first-order valence-electron chi connectivity index (χ1n) is 5.43. The number of nitro groups is 1. The molecule has 7 nitrogen and oxygen atoms in total. The van der Waals surface area contributed by atoms with E-state index in [9.17, 15) is 15.2 Å². The molecule has 0 saturated heterocycles. The molecule has 0 spiro atoms. The lowest BCUT2D eigenvalue weighted by atomic mass is 10.1. The van der Waals surface area contributed by atoms with Gasteiger partial charge in [-0.25, -0.2) is 0 Å². The summed E-state index contributed by atoms with van der Waals surface area (Å²) >= 11 is 0. The van der Waals surface area contributed by atoms with Crippen molar-refractivity contribution in [2.24, 2.45) is 13.0 Å². The zero-order chi connectivity index (χ0) is 13.2. The van der Waals surface area contributed by atoms with Gasteiger partial charge < -0.3 is 20.5 Å². The zero-order valence-electron chi connectivity index (χ0n) is 10.5. The maximum Gasteiger partial charge on any atom is 0.406 e. The number of hydrogen-bond donors (Lipinski definition) is 2. The van der Waals surface area contributed by atoms with Gasteiger partial charge in [0.05, 0.1) is 12.6 Å². The largest absolute Gasteiger partial charge is 0.406 e. The van der Waals surface area contributed by atoms with Gasteiger partial charge in [0.2, 0.25) is 11.6 Å². The van der Waals surface area contributed by atoms with Crippen molar-refractivity contribution in [1.82, 2.24) is 9.55 Å². The van der Waals surface area contributed by atoms with Crippen LogP contribution in [0.25, 0.3) is 0 Å². The summed E-state index contributed by atoms with van der Waals surface area (Å²) < 4.78 is 1.61. The molecule has 7 heteroatoms. The summed E-state index contributed by atoms with van der Waals surface area (Å²) in [7, 11) is 1.70. The van der Waals surface area contributed by atoms with Gasteiger partial charge in [0.1, 0.15) is 0 Å². The average molecular weight is 242 g/mol. The minimum atomic E-state index is -0.524. The van der Waals surface area contributed by atoms with Gasteiger partial charge in [-0.3, -0.25) is 4.57 Å². The van der Waals surface area contributed by atoms with Crippen LogP contribution in [0, 0.1) is 23.0 Å². The van der Waals surface area contributed by atoms with Gasteiger partial charge in [-0.1, -0.05) is 13.8 Å². The van der Waals surface area contributed by atoms with Crippen LogP contribution in [0.3, 0.4) is 0 Å². The quantitative estimate of drug-likeness (QED) is 0.595. The van der Waals surface area contributed by atoms with E-state index in [1.54, 1.807) is 18.5 Å². The molecule has 0 amide bonds. The van der Waals surface area contributed by atoms with Gasteiger partial charge in [0.25, 0.3) is 0 Å². The van der Waals surface area contributed by atoms with Crippen LogP contribution in [0.5, 0.6) is 0 Å². The molecule has 1 aromatic heterocycles. The Morgan fingerprint density at radius 1 is 1.59 bits per heavy atom. The van der Waals surface area contributed by atoms with Crippen LogP contribution in [0.4, 0.5) is 11.6 Å². The van der Waals surface area contributed by atoms with E-state index >= 15 is 0 Å². The third-order valence-electron chi connectivity index (χ3n) is 2.80. The molecule has 1 unspecified atom stereocenters. The zero-order valence-corrected chi connectivity index (χ0v) is 10.5. The number of aliphatic hydroxyl groups is 1. The molecule has 96 valence electrons. The van der Waals surface area contributed by atoms with Gasteiger partial charge in [-0.05, 0) is 15.8 Å². The van der Waals surface area contributed by atoms with Gasteiger partial charge >= 0.3 is 5.82 Å². The van der Waals surface area contributed by atoms with Crippen LogP contribution in [0.1, 0.15) is 19.7 Å². The topological polar surface area (TPSA) is 93.2 Å². The van der Waals surface area contributed by atoms with Crippen LogP contribution >= 0.6 is 0 Å². The van der Waals surface area contributed by atoms with Crippen molar-refractivity contribution in [3.63, 3.8) is 0 Å².